The molecule has 0 saturated heterocycles. The lowest BCUT2D eigenvalue weighted by molar-refractivity contribution is 0.830. The zero-order valence-electron chi connectivity index (χ0n) is 12.0. The van der Waals surface area contributed by atoms with Crippen LogP contribution in [-0.4, -0.2) is 19.8 Å². The van der Waals surface area contributed by atoms with Gasteiger partial charge >= 0.3 is 5.69 Å². The minimum absolute atomic E-state index is 0.100. The number of aromatic amines is 1. The van der Waals surface area contributed by atoms with Gasteiger partial charge in [-0.1, -0.05) is 31.2 Å². The third-order valence-electron chi connectivity index (χ3n) is 3.53. The molecule has 0 aliphatic carbocycles. The molecule has 6 nitrogen and oxygen atoms in total. The SMILES string of the molecule is CCc1ccc(C(C)Nc2ccc3n[nH]c(=O)n3n2)cc1. The summed E-state index contributed by atoms with van der Waals surface area (Å²) in [5.41, 5.74) is 2.66. The molecule has 21 heavy (non-hydrogen) atoms. The lowest BCUT2D eigenvalue weighted by Gasteiger charge is -2.15. The molecule has 0 saturated carbocycles. The van der Waals surface area contributed by atoms with E-state index in [0.717, 1.165) is 6.42 Å². The number of anilines is 1. The molecule has 3 rings (SSSR count). The van der Waals surface area contributed by atoms with Crippen molar-refractivity contribution < 1.29 is 0 Å². The first-order valence-corrected chi connectivity index (χ1v) is 6.97. The highest BCUT2D eigenvalue weighted by Crippen LogP contribution is 2.18. The molecule has 2 aromatic heterocycles. The molecule has 2 heterocycles. The Morgan fingerprint density at radius 2 is 2.00 bits per heavy atom. The van der Waals surface area contributed by atoms with E-state index >= 15 is 0 Å². The van der Waals surface area contributed by atoms with Crippen LogP contribution in [0.3, 0.4) is 0 Å². The average molecular weight is 283 g/mol. The van der Waals surface area contributed by atoms with Crippen LogP contribution in [-0.2, 0) is 6.42 Å². The Labute approximate surface area is 121 Å². The minimum Gasteiger partial charge on any atom is -0.362 e. The van der Waals surface area contributed by atoms with Crippen molar-refractivity contribution in [3.8, 4) is 0 Å². The van der Waals surface area contributed by atoms with Crippen LogP contribution in [0.15, 0.2) is 41.2 Å². The van der Waals surface area contributed by atoms with E-state index in [1.165, 1.54) is 15.6 Å². The molecule has 0 fully saturated rings. The van der Waals surface area contributed by atoms with Crippen molar-refractivity contribution in [3.05, 3.63) is 58.0 Å². The summed E-state index contributed by atoms with van der Waals surface area (Å²) in [6.07, 6.45) is 1.03. The summed E-state index contributed by atoms with van der Waals surface area (Å²) in [6, 6.07) is 12.1. The van der Waals surface area contributed by atoms with E-state index in [0.29, 0.717) is 11.5 Å². The number of nitrogens with zero attached hydrogens (tertiary/aromatic N) is 3. The second kappa shape index (κ2) is 5.40. The van der Waals surface area contributed by atoms with Gasteiger partial charge in [0.05, 0.1) is 0 Å². The van der Waals surface area contributed by atoms with Gasteiger partial charge in [0.25, 0.3) is 0 Å². The van der Waals surface area contributed by atoms with E-state index in [4.69, 9.17) is 0 Å². The topological polar surface area (TPSA) is 75.1 Å². The molecular weight excluding hydrogens is 266 g/mol. The van der Waals surface area contributed by atoms with E-state index in [1.54, 1.807) is 6.07 Å². The van der Waals surface area contributed by atoms with Gasteiger partial charge in [0.1, 0.15) is 5.82 Å². The summed E-state index contributed by atoms with van der Waals surface area (Å²) >= 11 is 0. The summed E-state index contributed by atoms with van der Waals surface area (Å²) in [5, 5.41) is 13.7. The molecule has 0 spiro atoms. The first-order chi connectivity index (χ1) is 10.2. The monoisotopic (exact) mass is 283 g/mol. The Bertz CT molecular complexity index is 803. The molecule has 1 aromatic carbocycles. The molecule has 1 unspecified atom stereocenters. The summed E-state index contributed by atoms with van der Waals surface area (Å²) in [6.45, 7) is 4.20. The van der Waals surface area contributed by atoms with E-state index in [-0.39, 0.29) is 11.7 Å². The summed E-state index contributed by atoms with van der Waals surface area (Å²) < 4.78 is 1.25. The Kier molecular flexibility index (Phi) is 3.43. The standard InChI is InChI=1S/C15H17N5O/c1-3-11-4-6-12(7-5-11)10(2)16-13-8-9-14-17-18-15(21)20(14)19-13/h4-10H,3H2,1-2H3,(H,16,19)(H,18,21). The number of aryl methyl sites for hydroxylation is 1. The molecule has 0 radical (unpaired) electrons. The van der Waals surface area contributed by atoms with Crippen molar-refractivity contribution in [2.75, 3.05) is 5.32 Å². The van der Waals surface area contributed by atoms with Crippen molar-refractivity contribution >= 4 is 11.5 Å². The number of benzene rings is 1. The number of hydrogen-bond acceptors (Lipinski definition) is 4. The number of rotatable bonds is 4. The molecule has 6 heteroatoms. The molecule has 0 aliphatic rings. The van der Waals surface area contributed by atoms with Gasteiger partial charge in [0, 0.05) is 6.04 Å². The fraction of sp³-hybridized carbons (Fsp3) is 0.267. The van der Waals surface area contributed by atoms with Crippen molar-refractivity contribution in [2.24, 2.45) is 0 Å². The highest BCUT2D eigenvalue weighted by atomic mass is 16.2. The van der Waals surface area contributed by atoms with Gasteiger partial charge in [0.15, 0.2) is 5.65 Å². The molecular formula is C15H17N5O. The van der Waals surface area contributed by atoms with Crippen molar-refractivity contribution in [2.45, 2.75) is 26.3 Å². The van der Waals surface area contributed by atoms with Gasteiger partial charge in [-0.3, -0.25) is 0 Å². The highest BCUT2D eigenvalue weighted by Gasteiger charge is 2.08. The Hall–Kier alpha value is -2.63. The van der Waals surface area contributed by atoms with Crippen molar-refractivity contribution in [1.29, 1.82) is 0 Å². The first-order valence-electron chi connectivity index (χ1n) is 6.97. The smallest absolute Gasteiger partial charge is 0.362 e. The Balaban J connectivity index is 1.82. The summed E-state index contributed by atoms with van der Waals surface area (Å²) in [5.74, 6) is 0.637. The molecule has 0 amide bonds. The van der Waals surface area contributed by atoms with Gasteiger partial charge in [-0.2, -0.15) is 9.61 Å². The molecule has 0 aliphatic heterocycles. The van der Waals surface area contributed by atoms with E-state index < -0.39 is 0 Å². The largest absolute Gasteiger partial charge is 0.364 e. The first kappa shape index (κ1) is 13.4. The summed E-state index contributed by atoms with van der Waals surface area (Å²) in [7, 11) is 0. The number of fused-ring (bicyclic) bond motifs is 1. The van der Waals surface area contributed by atoms with E-state index in [9.17, 15) is 4.79 Å². The van der Waals surface area contributed by atoms with Gasteiger partial charge in [0.2, 0.25) is 0 Å². The highest BCUT2D eigenvalue weighted by molar-refractivity contribution is 5.44. The van der Waals surface area contributed by atoms with Crippen LogP contribution < -0.4 is 11.0 Å². The maximum atomic E-state index is 11.5. The summed E-state index contributed by atoms with van der Waals surface area (Å²) in [4.78, 5) is 11.5. The second-order valence-corrected chi connectivity index (χ2v) is 4.98. The van der Waals surface area contributed by atoms with Crippen LogP contribution in [0.5, 0.6) is 0 Å². The zero-order chi connectivity index (χ0) is 14.8. The van der Waals surface area contributed by atoms with Gasteiger partial charge < -0.3 is 5.32 Å². The number of nitrogens with one attached hydrogen (secondary N) is 2. The van der Waals surface area contributed by atoms with Gasteiger partial charge in [-0.25, -0.2) is 9.89 Å². The average Bonchev–Trinajstić information content (AvgIpc) is 2.88. The number of hydrogen-bond donors (Lipinski definition) is 2. The number of H-pyrrole nitrogens is 1. The normalized spacial score (nSPS) is 12.5. The Morgan fingerprint density at radius 1 is 1.24 bits per heavy atom. The fourth-order valence-electron chi connectivity index (χ4n) is 2.23. The third-order valence-corrected chi connectivity index (χ3v) is 3.53. The third kappa shape index (κ3) is 2.65. The quantitative estimate of drug-likeness (QED) is 0.769. The van der Waals surface area contributed by atoms with Crippen LogP contribution in [0.25, 0.3) is 5.65 Å². The molecule has 0 bridgehead atoms. The maximum Gasteiger partial charge on any atom is 0.364 e. The van der Waals surface area contributed by atoms with Crippen molar-refractivity contribution in [3.63, 3.8) is 0 Å². The molecule has 3 aromatic rings. The van der Waals surface area contributed by atoms with Crippen LogP contribution in [0.1, 0.15) is 31.0 Å². The molecule has 2 N–H and O–H groups in total. The second-order valence-electron chi connectivity index (χ2n) is 4.98. The van der Waals surface area contributed by atoms with Crippen LogP contribution in [0, 0.1) is 0 Å². The van der Waals surface area contributed by atoms with E-state index in [1.807, 2.05) is 6.07 Å². The van der Waals surface area contributed by atoms with Crippen LogP contribution in [0.2, 0.25) is 0 Å². The van der Waals surface area contributed by atoms with Crippen LogP contribution in [0.4, 0.5) is 5.82 Å². The predicted molar refractivity (Wildman–Crippen MR) is 81.5 cm³/mol. The van der Waals surface area contributed by atoms with Crippen LogP contribution >= 0.6 is 0 Å². The van der Waals surface area contributed by atoms with E-state index in [2.05, 4.69) is 58.7 Å². The number of aromatic nitrogens is 4. The molecule has 1 atom stereocenters. The zero-order valence-corrected chi connectivity index (χ0v) is 12.0. The lowest BCUT2D eigenvalue weighted by atomic mass is 10.1. The lowest BCUT2D eigenvalue weighted by Crippen LogP contribution is -2.15. The maximum absolute atomic E-state index is 11.5. The van der Waals surface area contributed by atoms with Gasteiger partial charge in [-0.05, 0) is 36.6 Å². The minimum atomic E-state index is -0.339. The predicted octanol–water partition coefficient (Wildman–Crippen LogP) is 2.15. The fourth-order valence-corrected chi connectivity index (χ4v) is 2.23. The molecule has 108 valence electrons. The Morgan fingerprint density at radius 3 is 2.71 bits per heavy atom. The van der Waals surface area contributed by atoms with Gasteiger partial charge in [-0.15, -0.1) is 5.10 Å². The van der Waals surface area contributed by atoms with Crippen molar-refractivity contribution in [1.82, 2.24) is 19.8 Å².